The van der Waals surface area contributed by atoms with Crippen molar-refractivity contribution in [3.8, 4) is 0 Å². The Labute approximate surface area is 116 Å². The molecule has 108 valence electrons. The monoisotopic (exact) mass is 279 g/mol. The van der Waals surface area contributed by atoms with Gasteiger partial charge in [0.25, 0.3) is 0 Å². The molecular formula is C14H17NO5. The van der Waals surface area contributed by atoms with Crippen LogP contribution in [0, 0.1) is 16.0 Å². The summed E-state index contributed by atoms with van der Waals surface area (Å²) in [7, 11) is 0. The summed E-state index contributed by atoms with van der Waals surface area (Å²) in [6.45, 7) is 2.51. The smallest absolute Gasteiger partial charge is 0.317 e. The molecule has 0 fully saturated rings. The summed E-state index contributed by atoms with van der Waals surface area (Å²) >= 11 is 0. The minimum atomic E-state index is -1.15. The van der Waals surface area contributed by atoms with Crippen molar-refractivity contribution in [3.63, 3.8) is 0 Å². The molecule has 0 heterocycles. The highest BCUT2D eigenvalue weighted by atomic mass is 16.6. The SMILES string of the molecule is CCOC(=O)[C@H](C(C)=O)[C@H](C[N+](=O)[O-])c1ccccc1. The number of Topliss-reactive ketones (excluding diaryl/α,β-unsaturated/α-hetero) is 1. The summed E-state index contributed by atoms with van der Waals surface area (Å²) in [5, 5.41) is 10.8. The molecule has 6 nitrogen and oxygen atoms in total. The number of hydrogen-bond acceptors (Lipinski definition) is 5. The molecule has 0 aromatic heterocycles. The van der Waals surface area contributed by atoms with Gasteiger partial charge in [0.2, 0.25) is 6.54 Å². The number of carbonyl (C=O) groups is 2. The Bertz CT molecular complexity index is 486. The molecule has 0 spiro atoms. The van der Waals surface area contributed by atoms with E-state index in [1.807, 2.05) is 0 Å². The second-order valence-electron chi connectivity index (χ2n) is 4.37. The van der Waals surface area contributed by atoms with E-state index < -0.39 is 35.1 Å². The van der Waals surface area contributed by atoms with Crippen LogP contribution in [0.3, 0.4) is 0 Å². The number of ether oxygens (including phenoxy) is 1. The van der Waals surface area contributed by atoms with Crippen LogP contribution in [0.4, 0.5) is 0 Å². The Morgan fingerprint density at radius 1 is 1.30 bits per heavy atom. The Kier molecular flexibility index (Phi) is 5.83. The van der Waals surface area contributed by atoms with Crippen molar-refractivity contribution in [3.05, 3.63) is 46.0 Å². The molecule has 0 aliphatic carbocycles. The third-order valence-corrected chi connectivity index (χ3v) is 2.95. The lowest BCUT2D eigenvalue weighted by Crippen LogP contribution is -2.34. The van der Waals surface area contributed by atoms with Crippen LogP contribution in [0.25, 0.3) is 0 Å². The predicted molar refractivity (Wildman–Crippen MR) is 71.8 cm³/mol. The normalized spacial score (nSPS) is 13.3. The molecule has 20 heavy (non-hydrogen) atoms. The molecule has 1 aromatic rings. The van der Waals surface area contributed by atoms with Gasteiger partial charge >= 0.3 is 5.97 Å². The maximum atomic E-state index is 11.9. The number of nitrogens with zero attached hydrogens (tertiary/aromatic N) is 1. The van der Waals surface area contributed by atoms with Gasteiger partial charge in [0.15, 0.2) is 0 Å². The van der Waals surface area contributed by atoms with E-state index in [0.717, 1.165) is 0 Å². The van der Waals surface area contributed by atoms with Crippen molar-refractivity contribution in [2.24, 2.45) is 5.92 Å². The number of nitro groups is 1. The Balaban J connectivity index is 3.15. The van der Waals surface area contributed by atoms with Crippen molar-refractivity contribution in [2.75, 3.05) is 13.2 Å². The first-order valence-electron chi connectivity index (χ1n) is 6.31. The Morgan fingerprint density at radius 3 is 2.35 bits per heavy atom. The summed E-state index contributed by atoms with van der Waals surface area (Å²) in [5.41, 5.74) is 0.581. The number of benzene rings is 1. The van der Waals surface area contributed by atoms with Gasteiger partial charge in [0.05, 0.1) is 12.5 Å². The Morgan fingerprint density at radius 2 is 1.90 bits per heavy atom. The molecule has 2 atom stereocenters. The summed E-state index contributed by atoms with van der Waals surface area (Å²) < 4.78 is 4.87. The molecule has 0 saturated heterocycles. The molecule has 0 bridgehead atoms. The van der Waals surface area contributed by atoms with Gasteiger partial charge in [-0.1, -0.05) is 30.3 Å². The highest BCUT2D eigenvalue weighted by Gasteiger charge is 2.37. The summed E-state index contributed by atoms with van der Waals surface area (Å²) in [5.74, 6) is -3.11. The molecule has 0 radical (unpaired) electrons. The fourth-order valence-corrected chi connectivity index (χ4v) is 2.11. The largest absolute Gasteiger partial charge is 0.465 e. The molecule has 1 rings (SSSR count). The topological polar surface area (TPSA) is 86.5 Å². The lowest BCUT2D eigenvalue weighted by atomic mass is 9.83. The summed E-state index contributed by atoms with van der Waals surface area (Å²) in [6.07, 6.45) is 0. The summed E-state index contributed by atoms with van der Waals surface area (Å²) in [6, 6.07) is 8.53. The van der Waals surface area contributed by atoms with E-state index in [-0.39, 0.29) is 6.61 Å². The maximum absolute atomic E-state index is 11.9. The van der Waals surface area contributed by atoms with Gasteiger partial charge in [0.1, 0.15) is 11.7 Å². The standard InChI is InChI=1S/C14H17NO5/c1-3-20-14(17)13(10(2)16)12(9-15(18)19)11-7-5-4-6-8-11/h4-8,12-13H,3,9H2,1-2H3/t12-,13-/m1/s1. The van der Waals surface area contributed by atoms with Crippen LogP contribution in [-0.2, 0) is 14.3 Å². The first kappa shape index (κ1) is 15.8. The van der Waals surface area contributed by atoms with Gasteiger partial charge in [-0.15, -0.1) is 0 Å². The average molecular weight is 279 g/mol. The predicted octanol–water partition coefficient (Wildman–Crippen LogP) is 1.82. The lowest BCUT2D eigenvalue weighted by molar-refractivity contribution is -0.484. The second kappa shape index (κ2) is 7.37. The first-order valence-corrected chi connectivity index (χ1v) is 6.31. The van der Waals surface area contributed by atoms with E-state index in [0.29, 0.717) is 5.56 Å². The van der Waals surface area contributed by atoms with Crippen molar-refractivity contribution < 1.29 is 19.2 Å². The number of rotatable bonds is 7. The van der Waals surface area contributed by atoms with Crippen LogP contribution in [0.15, 0.2) is 30.3 Å². The molecule has 6 heteroatoms. The van der Waals surface area contributed by atoms with Gasteiger partial charge in [-0.2, -0.15) is 0 Å². The van der Waals surface area contributed by atoms with E-state index in [1.165, 1.54) is 6.92 Å². The van der Waals surface area contributed by atoms with E-state index in [9.17, 15) is 19.7 Å². The zero-order chi connectivity index (χ0) is 15.1. The number of ketones is 1. The third-order valence-electron chi connectivity index (χ3n) is 2.95. The van der Waals surface area contributed by atoms with E-state index in [4.69, 9.17) is 4.74 Å². The van der Waals surface area contributed by atoms with Crippen LogP contribution < -0.4 is 0 Å². The average Bonchev–Trinajstić information content (AvgIpc) is 2.38. The fourth-order valence-electron chi connectivity index (χ4n) is 2.11. The maximum Gasteiger partial charge on any atom is 0.317 e. The van der Waals surface area contributed by atoms with Crippen LogP contribution in [0.5, 0.6) is 0 Å². The highest BCUT2D eigenvalue weighted by Crippen LogP contribution is 2.27. The van der Waals surface area contributed by atoms with Gasteiger partial charge in [-0.25, -0.2) is 0 Å². The van der Waals surface area contributed by atoms with Crippen LogP contribution in [0.2, 0.25) is 0 Å². The van der Waals surface area contributed by atoms with Crippen molar-refractivity contribution in [2.45, 2.75) is 19.8 Å². The lowest BCUT2D eigenvalue weighted by Gasteiger charge is -2.20. The fraction of sp³-hybridized carbons (Fsp3) is 0.429. The van der Waals surface area contributed by atoms with Crippen molar-refractivity contribution in [1.82, 2.24) is 0 Å². The zero-order valence-electron chi connectivity index (χ0n) is 11.4. The molecule has 0 amide bonds. The van der Waals surface area contributed by atoms with Crippen molar-refractivity contribution in [1.29, 1.82) is 0 Å². The highest BCUT2D eigenvalue weighted by molar-refractivity contribution is 5.98. The van der Waals surface area contributed by atoms with Gasteiger partial charge in [-0.3, -0.25) is 19.7 Å². The number of esters is 1. The Hall–Kier alpha value is -2.24. The van der Waals surface area contributed by atoms with E-state index in [1.54, 1.807) is 37.3 Å². The van der Waals surface area contributed by atoms with Crippen LogP contribution in [0.1, 0.15) is 25.3 Å². The first-order chi connectivity index (χ1) is 9.47. The molecule has 0 unspecified atom stereocenters. The van der Waals surface area contributed by atoms with Gasteiger partial charge in [-0.05, 0) is 19.4 Å². The van der Waals surface area contributed by atoms with Crippen LogP contribution >= 0.6 is 0 Å². The number of hydrogen-bond donors (Lipinski definition) is 0. The molecular weight excluding hydrogens is 262 g/mol. The second-order valence-corrected chi connectivity index (χ2v) is 4.37. The van der Waals surface area contributed by atoms with Crippen molar-refractivity contribution >= 4 is 11.8 Å². The van der Waals surface area contributed by atoms with E-state index in [2.05, 4.69) is 0 Å². The molecule has 0 N–H and O–H groups in total. The van der Waals surface area contributed by atoms with Gasteiger partial charge in [0, 0.05) is 4.92 Å². The number of carbonyl (C=O) groups excluding carboxylic acids is 2. The van der Waals surface area contributed by atoms with Gasteiger partial charge < -0.3 is 4.74 Å². The molecule has 0 aliphatic heterocycles. The minimum absolute atomic E-state index is 0.128. The molecule has 1 aromatic carbocycles. The minimum Gasteiger partial charge on any atom is -0.465 e. The third kappa shape index (κ3) is 4.15. The summed E-state index contributed by atoms with van der Waals surface area (Å²) in [4.78, 5) is 34.0. The molecule has 0 saturated carbocycles. The molecule has 0 aliphatic rings. The van der Waals surface area contributed by atoms with E-state index >= 15 is 0 Å². The van der Waals surface area contributed by atoms with Crippen LogP contribution in [-0.4, -0.2) is 29.8 Å². The quantitative estimate of drug-likeness (QED) is 0.329. The zero-order valence-corrected chi connectivity index (χ0v) is 11.4.